The molecular formula is C18H20ClN3O. The highest BCUT2D eigenvalue weighted by Crippen LogP contribution is 2.40. The lowest BCUT2D eigenvalue weighted by molar-refractivity contribution is 0.383. The molecule has 0 N–H and O–H groups in total. The Morgan fingerprint density at radius 2 is 1.91 bits per heavy atom. The summed E-state index contributed by atoms with van der Waals surface area (Å²) in [6.07, 6.45) is 6.63. The molecule has 1 aromatic carbocycles. The van der Waals surface area contributed by atoms with E-state index in [0.29, 0.717) is 17.7 Å². The fourth-order valence-electron chi connectivity index (χ4n) is 3.70. The number of halogens is 1. The zero-order valence-electron chi connectivity index (χ0n) is 13.1. The second-order valence-electron chi connectivity index (χ2n) is 6.23. The molecule has 1 aromatic heterocycles. The van der Waals surface area contributed by atoms with Crippen molar-refractivity contribution < 1.29 is 0 Å². The molecule has 4 nitrogen and oxygen atoms in total. The van der Waals surface area contributed by atoms with E-state index >= 15 is 0 Å². The van der Waals surface area contributed by atoms with Crippen LogP contribution in [0.5, 0.6) is 0 Å². The number of aromatic nitrogens is 2. The zero-order chi connectivity index (χ0) is 15.1. The average Bonchev–Trinajstić information content (AvgIpc) is 2.57. The number of hydrogen-bond acceptors (Lipinski definition) is 3. The first-order valence-corrected chi connectivity index (χ1v) is 7.95. The Bertz CT molecular complexity index is 812. The van der Waals surface area contributed by atoms with E-state index in [1.165, 1.54) is 29.4 Å². The topological polar surface area (TPSA) is 47.2 Å². The number of aliphatic imine (C=N–C) groups is 1. The Labute approximate surface area is 141 Å². The Hall–Kier alpha value is -1.94. The predicted octanol–water partition coefficient (Wildman–Crippen LogP) is 3.08. The molecule has 23 heavy (non-hydrogen) atoms. The van der Waals surface area contributed by atoms with E-state index in [-0.39, 0.29) is 18.1 Å². The maximum Gasteiger partial charge on any atom is 0.347 e. The highest BCUT2D eigenvalue weighted by molar-refractivity contribution is 6.13. The standard InChI is InChI=1S/C18H19N3O.ClH/c1-21-11-10-16(20-18(21)22)17-14-8-3-2-6-12(14)13-7-4-5-9-15(13)19-17;/h2-3,6,8,10-11,13,15H,4-5,7,9H2,1H3;1H. The first-order valence-electron chi connectivity index (χ1n) is 7.95. The number of aryl methyl sites for hydroxylation is 1. The maximum atomic E-state index is 11.9. The van der Waals surface area contributed by atoms with Crippen molar-refractivity contribution in [1.82, 2.24) is 9.55 Å². The average molecular weight is 330 g/mol. The first-order chi connectivity index (χ1) is 10.7. The van der Waals surface area contributed by atoms with Crippen molar-refractivity contribution in [1.29, 1.82) is 0 Å². The van der Waals surface area contributed by atoms with Gasteiger partial charge >= 0.3 is 5.69 Å². The lowest BCUT2D eigenvalue weighted by Gasteiger charge is -2.35. The second-order valence-corrected chi connectivity index (χ2v) is 6.23. The third kappa shape index (κ3) is 2.72. The van der Waals surface area contributed by atoms with Gasteiger partial charge in [-0.3, -0.25) is 4.99 Å². The van der Waals surface area contributed by atoms with Gasteiger partial charge in [-0.2, -0.15) is 4.98 Å². The van der Waals surface area contributed by atoms with Crippen molar-refractivity contribution in [2.75, 3.05) is 0 Å². The molecule has 2 heterocycles. The van der Waals surface area contributed by atoms with Crippen molar-refractivity contribution in [2.45, 2.75) is 37.6 Å². The molecule has 0 amide bonds. The third-order valence-electron chi connectivity index (χ3n) is 4.86. The van der Waals surface area contributed by atoms with E-state index in [2.05, 4.69) is 23.2 Å². The van der Waals surface area contributed by atoms with Crippen molar-refractivity contribution in [3.05, 3.63) is 63.8 Å². The van der Waals surface area contributed by atoms with Gasteiger partial charge in [0.05, 0.1) is 17.4 Å². The molecule has 5 heteroatoms. The van der Waals surface area contributed by atoms with Crippen molar-refractivity contribution in [3.63, 3.8) is 0 Å². The molecular weight excluding hydrogens is 310 g/mol. The van der Waals surface area contributed by atoms with E-state index in [9.17, 15) is 4.79 Å². The van der Waals surface area contributed by atoms with E-state index in [0.717, 1.165) is 17.7 Å². The quantitative estimate of drug-likeness (QED) is 0.807. The van der Waals surface area contributed by atoms with Gasteiger partial charge in [-0.15, -0.1) is 12.4 Å². The van der Waals surface area contributed by atoms with Gasteiger partial charge in [-0.05, 0) is 24.5 Å². The van der Waals surface area contributed by atoms with Gasteiger partial charge in [0.25, 0.3) is 0 Å². The van der Waals surface area contributed by atoms with Gasteiger partial charge in [0, 0.05) is 24.7 Å². The van der Waals surface area contributed by atoms with E-state index in [4.69, 9.17) is 4.99 Å². The largest absolute Gasteiger partial charge is 0.347 e. The van der Waals surface area contributed by atoms with Crippen molar-refractivity contribution in [3.8, 4) is 0 Å². The summed E-state index contributed by atoms with van der Waals surface area (Å²) in [5.74, 6) is 0.528. The summed E-state index contributed by atoms with van der Waals surface area (Å²) in [6.45, 7) is 0. The Balaban J connectivity index is 0.00000156. The molecule has 1 aliphatic heterocycles. The molecule has 1 aliphatic carbocycles. The first kappa shape index (κ1) is 15.9. The Morgan fingerprint density at radius 1 is 1.13 bits per heavy atom. The van der Waals surface area contributed by atoms with Gasteiger partial charge in [-0.25, -0.2) is 4.79 Å². The summed E-state index contributed by atoms with van der Waals surface area (Å²) in [6, 6.07) is 10.7. The van der Waals surface area contributed by atoms with Crippen LogP contribution in [0.25, 0.3) is 0 Å². The van der Waals surface area contributed by atoms with Crippen molar-refractivity contribution >= 4 is 18.1 Å². The summed E-state index contributed by atoms with van der Waals surface area (Å²) in [5.41, 5.74) is 3.87. The normalized spacial score (nSPS) is 22.4. The van der Waals surface area contributed by atoms with Gasteiger partial charge in [0.1, 0.15) is 0 Å². The molecule has 1 saturated carbocycles. The van der Waals surface area contributed by atoms with Crippen LogP contribution in [-0.4, -0.2) is 21.3 Å². The molecule has 0 spiro atoms. The molecule has 0 bridgehead atoms. The molecule has 2 atom stereocenters. The van der Waals surface area contributed by atoms with Gasteiger partial charge in [0.15, 0.2) is 0 Å². The van der Waals surface area contributed by atoms with E-state index in [1.54, 1.807) is 13.2 Å². The van der Waals surface area contributed by atoms with Crippen LogP contribution in [0.3, 0.4) is 0 Å². The molecule has 1 fully saturated rings. The maximum absolute atomic E-state index is 11.9. The number of rotatable bonds is 1. The Morgan fingerprint density at radius 3 is 2.74 bits per heavy atom. The monoisotopic (exact) mass is 329 g/mol. The number of fused-ring (bicyclic) bond motifs is 3. The summed E-state index contributed by atoms with van der Waals surface area (Å²) in [4.78, 5) is 21.1. The van der Waals surface area contributed by atoms with Crippen LogP contribution < -0.4 is 5.69 Å². The zero-order valence-corrected chi connectivity index (χ0v) is 13.9. The lowest BCUT2D eigenvalue weighted by Crippen LogP contribution is -2.31. The molecule has 120 valence electrons. The summed E-state index contributed by atoms with van der Waals surface area (Å²) >= 11 is 0. The number of hydrogen-bond donors (Lipinski definition) is 0. The summed E-state index contributed by atoms with van der Waals surface area (Å²) in [5, 5.41) is 0. The minimum atomic E-state index is -0.233. The minimum Gasteiger partial charge on any atom is -0.302 e. The van der Waals surface area contributed by atoms with Gasteiger partial charge < -0.3 is 4.57 Å². The molecule has 4 rings (SSSR count). The van der Waals surface area contributed by atoms with Crippen LogP contribution in [0, 0.1) is 0 Å². The van der Waals surface area contributed by atoms with E-state index in [1.807, 2.05) is 12.1 Å². The number of nitrogens with zero attached hydrogens (tertiary/aromatic N) is 3. The Kier molecular flexibility index (Phi) is 4.35. The smallest absolute Gasteiger partial charge is 0.302 e. The molecule has 2 unspecified atom stereocenters. The lowest BCUT2D eigenvalue weighted by atomic mass is 9.75. The SMILES string of the molecule is Cl.Cn1ccc(C2=NC3CCCCC3c3ccccc32)nc1=O. The van der Waals surface area contributed by atoms with Crippen LogP contribution in [0.4, 0.5) is 0 Å². The molecule has 0 saturated heterocycles. The second kappa shape index (κ2) is 6.28. The van der Waals surface area contributed by atoms with Gasteiger partial charge in [0.2, 0.25) is 0 Å². The van der Waals surface area contributed by atoms with Crippen LogP contribution in [0.15, 0.2) is 46.3 Å². The van der Waals surface area contributed by atoms with Crippen LogP contribution in [-0.2, 0) is 7.05 Å². The third-order valence-corrected chi connectivity index (χ3v) is 4.86. The number of benzene rings is 1. The summed E-state index contributed by atoms with van der Waals surface area (Å²) < 4.78 is 1.49. The molecule has 2 aliphatic rings. The van der Waals surface area contributed by atoms with Crippen LogP contribution in [0.2, 0.25) is 0 Å². The molecule has 0 radical (unpaired) electrons. The highest BCUT2D eigenvalue weighted by atomic mass is 35.5. The van der Waals surface area contributed by atoms with Crippen molar-refractivity contribution in [2.24, 2.45) is 12.0 Å². The van der Waals surface area contributed by atoms with Crippen LogP contribution in [0.1, 0.15) is 48.4 Å². The fraction of sp³-hybridized carbons (Fsp3) is 0.389. The fourth-order valence-corrected chi connectivity index (χ4v) is 3.70. The molecule has 2 aromatic rings. The predicted molar refractivity (Wildman–Crippen MR) is 93.8 cm³/mol. The van der Waals surface area contributed by atoms with E-state index < -0.39 is 0 Å². The highest BCUT2D eigenvalue weighted by Gasteiger charge is 2.33. The van der Waals surface area contributed by atoms with Crippen LogP contribution >= 0.6 is 12.4 Å². The minimum absolute atomic E-state index is 0. The van der Waals surface area contributed by atoms with Gasteiger partial charge in [-0.1, -0.05) is 37.1 Å². The summed E-state index contributed by atoms with van der Waals surface area (Å²) in [7, 11) is 1.72.